The molecular weight excluding hydrogens is 328 g/mol. The molecule has 0 bridgehead atoms. The topological polar surface area (TPSA) is 83.0 Å². The average molecular weight is 350 g/mol. The molecule has 134 valence electrons. The van der Waals surface area contributed by atoms with Gasteiger partial charge in [0.05, 0.1) is 18.1 Å². The zero-order chi connectivity index (χ0) is 18.1. The van der Waals surface area contributed by atoms with Crippen molar-refractivity contribution in [1.82, 2.24) is 14.5 Å². The number of esters is 1. The lowest BCUT2D eigenvalue weighted by molar-refractivity contribution is 0.0604. The third-order valence-corrected chi connectivity index (χ3v) is 5.02. The Balaban J connectivity index is 1.84. The van der Waals surface area contributed by atoms with Crippen LogP contribution in [0.5, 0.6) is 0 Å². The first-order valence-corrected chi connectivity index (χ1v) is 8.99. The second kappa shape index (κ2) is 6.78. The maximum atomic E-state index is 12.3. The molecule has 4 rings (SSSR count). The number of nitrogens with two attached hydrogens (primary N) is 1. The summed E-state index contributed by atoms with van der Waals surface area (Å²) in [6.07, 6.45) is 8.02. The summed E-state index contributed by atoms with van der Waals surface area (Å²) in [5, 5.41) is 0. The quantitative estimate of drug-likeness (QED) is 0.571. The Kier molecular flexibility index (Phi) is 4.32. The molecule has 26 heavy (non-hydrogen) atoms. The van der Waals surface area contributed by atoms with Crippen LogP contribution in [0.3, 0.4) is 0 Å². The Morgan fingerprint density at radius 1 is 1.23 bits per heavy atom. The minimum Gasteiger partial charge on any atom is -0.465 e. The maximum Gasteiger partial charge on any atom is 0.343 e. The second-order valence-corrected chi connectivity index (χ2v) is 6.65. The minimum absolute atomic E-state index is 0.304. The molecular formula is C20H22N4O2. The Bertz CT molecular complexity index is 1020. The number of carbonyl (C=O) groups is 1. The molecule has 0 unspecified atom stereocenters. The molecule has 1 aliphatic carbocycles. The summed E-state index contributed by atoms with van der Waals surface area (Å²) in [5.74, 6) is -0.105. The number of hydrogen-bond donors (Lipinski definition) is 1. The summed E-state index contributed by atoms with van der Waals surface area (Å²) < 4.78 is 6.83. The van der Waals surface area contributed by atoms with Crippen molar-refractivity contribution in [1.29, 1.82) is 0 Å². The molecule has 6 nitrogen and oxygen atoms in total. The number of ether oxygens (including phenoxy) is 1. The molecule has 2 heterocycles. The smallest absolute Gasteiger partial charge is 0.343 e. The largest absolute Gasteiger partial charge is 0.465 e. The van der Waals surface area contributed by atoms with Gasteiger partial charge in [-0.1, -0.05) is 23.8 Å². The number of anilines is 1. The van der Waals surface area contributed by atoms with E-state index >= 15 is 0 Å². The van der Waals surface area contributed by atoms with Crippen LogP contribution in [0.25, 0.3) is 22.2 Å². The van der Waals surface area contributed by atoms with Crippen molar-refractivity contribution in [2.24, 2.45) is 0 Å². The first-order valence-electron chi connectivity index (χ1n) is 8.99. The molecule has 0 saturated heterocycles. The zero-order valence-corrected chi connectivity index (χ0v) is 14.9. The van der Waals surface area contributed by atoms with Crippen molar-refractivity contribution in [3.05, 3.63) is 41.5 Å². The van der Waals surface area contributed by atoms with Crippen molar-refractivity contribution in [2.75, 3.05) is 12.8 Å². The van der Waals surface area contributed by atoms with Crippen LogP contribution < -0.4 is 5.73 Å². The van der Waals surface area contributed by atoms with Gasteiger partial charge < -0.3 is 15.0 Å². The molecule has 0 fully saturated rings. The summed E-state index contributed by atoms with van der Waals surface area (Å²) in [6.45, 7) is 0.679. The van der Waals surface area contributed by atoms with Crippen LogP contribution in [0.4, 0.5) is 5.82 Å². The Labute approximate surface area is 151 Å². The fourth-order valence-corrected chi connectivity index (χ4v) is 3.63. The van der Waals surface area contributed by atoms with Crippen molar-refractivity contribution in [3.63, 3.8) is 0 Å². The number of benzene rings is 1. The number of hydrogen-bond acceptors (Lipinski definition) is 5. The molecule has 2 N–H and O–H groups in total. The second-order valence-electron chi connectivity index (χ2n) is 6.65. The monoisotopic (exact) mass is 350 g/mol. The predicted molar refractivity (Wildman–Crippen MR) is 102 cm³/mol. The number of allylic oxidation sites excluding steroid dienone is 2. The highest BCUT2D eigenvalue weighted by atomic mass is 16.5. The SMILES string of the molecule is COC(=O)c1c(N)n(CCC2=CCCCC2)c2nc3ccccc3nc12. The molecule has 0 amide bonds. The molecule has 0 saturated carbocycles. The number of aryl methyl sites for hydroxylation is 1. The first-order chi connectivity index (χ1) is 12.7. The van der Waals surface area contributed by atoms with Crippen molar-refractivity contribution in [2.45, 2.75) is 38.6 Å². The number of methoxy groups -OCH3 is 1. The summed E-state index contributed by atoms with van der Waals surface area (Å²) >= 11 is 0. The molecule has 0 spiro atoms. The van der Waals surface area contributed by atoms with Gasteiger partial charge in [-0.2, -0.15) is 0 Å². The highest BCUT2D eigenvalue weighted by molar-refractivity contribution is 6.08. The third-order valence-electron chi connectivity index (χ3n) is 5.02. The van der Waals surface area contributed by atoms with E-state index in [9.17, 15) is 4.79 Å². The Morgan fingerprint density at radius 2 is 2.00 bits per heavy atom. The zero-order valence-electron chi connectivity index (χ0n) is 14.9. The standard InChI is InChI=1S/C20H22N4O2/c1-26-20(25)16-17-19(23-15-10-6-5-9-14(15)22-17)24(18(16)21)12-11-13-7-3-2-4-8-13/h5-7,9-10H,2-4,8,11-12,21H2,1H3. The van der Waals surface area contributed by atoms with Crippen LogP contribution in [0.1, 0.15) is 42.5 Å². The first kappa shape index (κ1) is 16.6. The molecule has 0 radical (unpaired) electrons. The van der Waals surface area contributed by atoms with Crippen LogP contribution in [-0.2, 0) is 11.3 Å². The molecule has 1 aromatic carbocycles. The van der Waals surface area contributed by atoms with Crippen molar-refractivity contribution < 1.29 is 9.53 Å². The van der Waals surface area contributed by atoms with E-state index in [1.807, 2.05) is 28.8 Å². The normalized spacial score (nSPS) is 14.6. The lowest BCUT2D eigenvalue weighted by Gasteiger charge is -2.14. The van der Waals surface area contributed by atoms with Crippen molar-refractivity contribution >= 4 is 34.0 Å². The van der Waals surface area contributed by atoms with Crippen LogP contribution in [-0.4, -0.2) is 27.6 Å². The minimum atomic E-state index is -0.479. The fraction of sp³-hybridized carbons (Fsp3) is 0.350. The highest BCUT2D eigenvalue weighted by Crippen LogP contribution is 2.30. The van der Waals surface area contributed by atoms with E-state index in [4.69, 9.17) is 15.5 Å². The van der Waals surface area contributed by atoms with Gasteiger partial charge in [0, 0.05) is 6.54 Å². The summed E-state index contributed by atoms with van der Waals surface area (Å²) in [6, 6.07) is 7.62. The molecule has 3 aromatic rings. The van der Waals surface area contributed by atoms with Crippen LogP contribution in [0, 0.1) is 0 Å². The number of fused-ring (bicyclic) bond motifs is 2. The van der Waals surface area contributed by atoms with Gasteiger partial charge in [-0.3, -0.25) is 0 Å². The average Bonchev–Trinajstić information content (AvgIpc) is 2.95. The van der Waals surface area contributed by atoms with Crippen molar-refractivity contribution in [3.8, 4) is 0 Å². The maximum absolute atomic E-state index is 12.3. The summed E-state index contributed by atoms with van der Waals surface area (Å²) in [7, 11) is 1.35. The number of nitrogens with zero attached hydrogens (tertiary/aromatic N) is 3. The lowest BCUT2D eigenvalue weighted by atomic mass is 9.97. The molecule has 0 atom stereocenters. The van der Waals surface area contributed by atoms with E-state index in [2.05, 4.69) is 11.1 Å². The number of para-hydroxylation sites is 2. The van der Waals surface area contributed by atoms with E-state index in [-0.39, 0.29) is 0 Å². The van der Waals surface area contributed by atoms with E-state index in [0.717, 1.165) is 30.3 Å². The predicted octanol–water partition coefficient (Wildman–Crippen LogP) is 3.84. The summed E-state index contributed by atoms with van der Waals surface area (Å²) in [4.78, 5) is 21.7. The van der Waals surface area contributed by atoms with Gasteiger partial charge in [-0.05, 0) is 44.2 Å². The molecule has 2 aromatic heterocycles. The van der Waals surface area contributed by atoms with Crippen LogP contribution in [0.2, 0.25) is 0 Å². The van der Waals surface area contributed by atoms with E-state index in [0.29, 0.717) is 29.1 Å². The lowest BCUT2D eigenvalue weighted by Crippen LogP contribution is -2.09. The van der Waals surface area contributed by atoms with Gasteiger partial charge in [-0.15, -0.1) is 0 Å². The van der Waals surface area contributed by atoms with E-state index in [1.165, 1.54) is 25.5 Å². The van der Waals surface area contributed by atoms with Gasteiger partial charge >= 0.3 is 5.97 Å². The van der Waals surface area contributed by atoms with Gasteiger partial charge in [0.15, 0.2) is 5.65 Å². The van der Waals surface area contributed by atoms with Crippen LogP contribution >= 0.6 is 0 Å². The molecule has 0 aliphatic heterocycles. The van der Waals surface area contributed by atoms with Gasteiger partial charge in [0.2, 0.25) is 0 Å². The van der Waals surface area contributed by atoms with Gasteiger partial charge in [0.1, 0.15) is 16.9 Å². The molecule has 6 heteroatoms. The number of aromatic nitrogens is 3. The Hall–Kier alpha value is -2.89. The van der Waals surface area contributed by atoms with Crippen LogP contribution in [0.15, 0.2) is 35.9 Å². The third kappa shape index (κ3) is 2.81. The number of rotatable bonds is 4. The van der Waals surface area contributed by atoms with Gasteiger partial charge in [0.25, 0.3) is 0 Å². The summed E-state index contributed by atoms with van der Waals surface area (Å²) in [5.41, 5.74) is 10.7. The highest BCUT2D eigenvalue weighted by Gasteiger charge is 2.24. The molecule has 1 aliphatic rings. The fourth-order valence-electron chi connectivity index (χ4n) is 3.63. The van der Waals surface area contributed by atoms with E-state index in [1.54, 1.807) is 0 Å². The van der Waals surface area contributed by atoms with Gasteiger partial charge in [-0.25, -0.2) is 14.8 Å². The van der Waals surface area contributed by atoms with E-state index < -0.39 is 5.97 Å². The number of carbonyl (C=O) groups excluding carboxylic acids is 1. The Morgan fingerprint density at radius 3 is 2.69 bits per heavy atom. The number of nitrogen functional groups attached to an aromatic ring is 1.